The minimum absolute atomic E-state index is 0.0164. The van der Waals surface area contributed by atoms with Gasteiger partial charge in [-0.2, -0.15) is 0 Å². The molecule has 1 aliphatic heterocycles. The second-order valence-corrected chi connectivity index (χ2v) is 7.36. The molecule has 23 heavy (non-hydrogen) atoms. The molecule has 2 aromatic rings. The minimum atomic E-state index is -3.43. The van der Waals surface area contributed by atoms with Crippen molar-refractivity contribution < 1.29 is 17.9 Å². The monoisotopic (exact) mass is 333 g/mol. The summed E-state index contributed by atoms with van der Waals surface area (Å²) in [4.78, 5) is 0. The predicted octanol–water partition coefficient (Wildman–Crippen LogP) is 2.56. The molecule has 0 spiro atoms. The molecule has 1 aliphatic rings. The maximum atomic E-state index is 12.7. The van der Waals surface area contributed by atoms with E-state index in [0.717, 1.165) is 16.9 Å². The van der Waals surface area contributed by atoms with Crippen molar-refractivity contribution in [3.05, 3.63) is 59.7 Å². The first-order valence-electron chi connectivity index (χ1n) is 7.39. The van der Waals surface area contributed by atoms with Gasteiger partial charge in [0.2, 0.25) is 10.0 Å². The molecule has 0 atom stereocenters. The van der Waals surface area contributed by atoms with Crippen molar-refractivity contribution in [2.75, 3.05) is 23.8 Å². The highest BCUT2D eigenvalue weighted by Gasteiger charge is 2.26. The summed E-state index contributed by atoms with van der Waals surface area (Å²) in [5.74, 6) is 0.732. The van der Waals surface area contributed by atoms with Crippen LogP contribution in [0.3, 0.4) is 0 Å². The van der Waals surface area contributed by atoms with Gasteiger partial charge in [-0.1, -0.05) is 30.3 Å². The van der Waals surface area contributed by atoms with E-state index in [2.05, 4.69) is 0 Å². The molecule has 0 aromatic heterocycles. The quantitative estimate of drug-likeness (QED) is 0.866. The van der Waals surface area contributed by atoms with Gasteiger partial charge < -0.3 is 9.47 Å². The van der Waals surface area contributed by atoms with Gasteiger partial charge >= 0.3 is 0 Å². The summed E-state index contributed by atoms with van der Waals surface area (Å²) < 4.78 is 37.4. The second kappa shape index (κ2) is 6.60. The Bertz CT molecular complexity index is 771. The normalized spacial score (nSPS) is 17.0. The van der Waals surface area contributed by atoms with Crippen LogP contribution in [0.1, 0.15) is 11.1 Å². The van der Waals surface area contributed by atoms with E-state index in [9.17, 15) is 8.42 Å². The fraction of sp³-hybridized carbons (Fsp3) is 0.294. The van der Waals surface area contributed by atoms with Crippen LogP contribution >= 0.6 is 0 Å². The van der Waals surface area contributed by atoms with Crippen LogP contribution in [0.25, 0.3) is 0 Å². The summed E-state index contributed by atoms with van der Waals surface area (Å²) in [6, 6.07) is 14.9. The second-order valence-electron chi connectivity index (χ2n) is 5.35. The molecule has 0 unspecified atom stereocenters. The van der Waals surface area contributed by atoms with Gasteiger partial charge in [-0.05, 0) is 23.8 Å². The van der Waals surface area contributed by atoms with Gasteiger partial charge in [0.05, 0.1) is 38.3 Å². The lowest BCUT2D eigenvalue weighted by Crippen LogP contribution is -2.36. The number of rotatable bonds is 3. The maximum Gasteiger partial charge on any atom is 0.237 e. The van der Waals surface area contributed by atoms with E-state index in [1.807, 2.05) is 48.5 Å². The molecule has 6 heteroatoms. The average Bonchev–Trinajstić information content (AvgIpc) is 2.56. The number of methoxy groups -OCH3 is 1. The molecule has 122 valence electrons. The van der Waals surface area contributed by atoms with Gasteiger partial charge in [-0.25, -0.2) is 8.42 Å². The predicted molar refractivity (Wildman–Crippen MR) is 89.1 cm³/mol. The third kappa shape index (κ3) is 3.48. The third-order valence-corrected chi connectivity index (χ3v) is 5.50. The summed E-state index contributed by atoms with van der Waals surface area (Å²) >= 11 is 0. The van der Waals surface area contributed by atoms with Crippen LogP contribution in [0.2, 0.25) is 0 Å². The summed E-state index contributed by atoms with van der Waals surface area (Å²) in [7, 11) is -1.83. The number of hydrogen-bond donors (Lipinski definition) is 0. The molecule has 2 aromatic carbocycles. The lowest BCUT2D eigenvalue weighted by atomic mass is 10.1. The number of anilines is 1. The largest absolute Gasteiger partial charge is 0.497 e. The molecular formula is C17H19NO4S. The Morgan fingerprint density at radius 2 is 1.87 bits per heavy atom. The van der Waals surface area contributed by atoms with Gasteiger partial charge in [-0.3, -0.25) is 4.31 Å². The standard InChI is InChI=1S/C17H19NO4S/c1-21-16-8-6-14(7-9-16)12-18-17-5-3-2-4-15(17)13-22-10-11-23(18,19)20/h2-9H,10-13H2,1H3. The van der Waals surface area contributed by atoms with E-state index in [1.165, 1.54) is 4.31 Å². The fourth-order valence-corrected chi connectivity index (χ4v) is 3.94. The molecule has 0 fully saturated rings. The van der Waals surface area contributed by atoms with Crippen molar-refractivity contribution in [3.63, 3.8) is 0 Å². The number of hydrogen-bond acceptors (Lipinski definition) is 4. The maximum absolute atomic E-state index is 12.7. The molecule has 0 bridgehead atoms. The first-order chi connectivity index (χ1) is 11.1. The Labute approximate surface area is 136 Å². The van der Waals surface area contributed by atoms with Crippen LogP contribution in [0.5, 0.6) is 5.75 Å². The zero-order valence-electron chi connectivity index (χ0n) is 12.9. The average molecular weight is 333 g/mol. The third-order valence-electron chi connectivity index (χ3n) is 3.82. The van der Waals surface area contributed by atoms with Crippen LogP contribution in [0.4, 0.5) is 5.69 Å². The Morgan fingerprint density at radius 3 is 2.61 bits per heavy atom. The van der Waals surface area contributed by atoms with Gasteiger partial charge in [-0.15, -0.1) is 0 Å². The van der Waals surface area contributed by atoms with Crippen LogP contribution in [-0.2, 0) is 27.9 Å². The van der Waals surface area contributed by atoms with Gasteiger partial charge in [0.1, 0.15) is 5.75 Å². The number of nitrogens with zero attached hydrogens (tertiary/aromatic N) is 1. The van der Waals surface area contributed by atoms with E-state index < -0.39 is 10.0 Å². The minimum Gasteiger partial charge on any atom is -0.497 e. The number of sulfonamides is 1. The molecule has 0 saturated heterocycles. The summed E-state index contributed by atoms with van der Waals surface area (Å²) in [5.41, 5.74) is 2.47. The van der Waals surface area contributed by atoms with Crippen molar-refractivity contribution in [1.29, 1.82) is 0 Å². The van der Waals surface area contributed by atoms with Gasteiger partial charge in [0.15, 0.2) is 0 Å². The molecule has 0 N–H and O–H groups in total. The number of benzene rings is 2. The molecule has 3 rings (SSSR count). The molecular weight excluding hydrogens is 314 g/mol. The van der Waals surface area contributed by atoms with Crippen LogP contribution in [0, 0.1) is 0 Å². The number of ether oxygens (including phenoxy) is 2. The van der Waals surface area contributed by atoms with Crippen LogP contribution < -0.4 is 9.04 Å². The topological polar surface area (TPSA) is 55.8 Å². The smallest absolute Gasteiger partial charge is 0.237 e. The molecule has 1 heterocycles. The lowest BCUT2D eigenvalue weighted by Gasteiger charge is -2.28. The van der Waals surface area contributed by atoms with Crippen LogP contribution in [0.15, 0.2) is 48.5 Å². The molecule has 0 amide bonds. The Hall–Kier alpha value is -2.05. The number of fused-ring (bicyclic) bond motifs is 1. The van der Waals surface area contributed by atoms with Crippen molar-refractivity contribution in [3.8, 4) is 5.75 Å². The SMILES string of the molecule is COc1ccc(CN2c3ccccc3COCCS2(=O)=O)cc1. The van der Waals surface area contributed by atoms with E-state index >= 15 is 0 Å². The first kappa shape index (κ1) is 15.8. The highest BCUT2D eigenvalue weighted by Crippen LogP contribution is 2.28. The zero-order chi connectivity index (χ0) is 16.3. The van der Waals surface area contributed by atoms with Gasteiger partial charge in [0.25, 0.3) is 0 Å². The van der Waals surface area contributed by atoms with Crippen molar-refractivity contribution in [2.45, 2.75) is 13.2 Å². The summed E-state index contributed by atoms with van der Waals surface area (Å²) in [6.07, 6.45) is 0. The van der Waals surface area contributed by atoms with E-state index in [0.29, 0.717) is 18.8 Å². The van der Waals surface area contributed by atoms with E-state index in [4.69, 9.17) is 9.47 Å². The van der Waals surface area contributed by atoms with Crippen molar-refractivity contribution in [2.24, 2.45) is 0 Å². The van der Waals surface area contributed by atoms with Crippen LogP contribution in [-0.4, -0.2) is 27.9 Å². The van der Waals surface area contributed by atoms with Gasteiger partial charge in [0, 0.05) is 5.56 Å². The first-order valence-corrected chi connectivity index (χ1v) is 9.00. The highest BCUT2D eigenvalue weighted by molar-refractivity contribution is 7.92. The van der Waals surface area contributed by atoms with Crippen molar-refractivity contribution in [1.82, 2.24) is 0 Å². The zero-order valence-corrected chi connectivity index (χ0v) is 13.8. The lowest BCUT2D eigenvalue weighted by molar-refractivity contribution is 0.135. The molecule has 0 radical (unpaired) electrons. The number of para-hydroxylation sites is 1. The van der Waals surface area contributed by atoms with E-state index in [1.54, 1.807) is 7.11 Å². The Kier molecular flexibility index (Phi) is 4.54. The van der Waals surface area contributed by atoms with E-state index in [-0.39, 0.29) is 12.4 Å². The summed E-state index contributed by atoms with van der Waals surface area (Å²) in [5, 5.41) is 0. The van der Waals surface area contributed by atoms with Crippen molar-refractivity contribution >= 4 is 15.7 Å². The fourth-order valence-electron chi connectivity index (χ4n) is 2.56. The Morgan fingerprint density at radius 1 is 1.13 bits per heavy atom. The molecule has 0 saturated carbocycles. The summed E-state index contributed by atoms with van der Waals surface area (Å²) in [6.45, 7) is 0.921. The molecule has 5 nitrogen and oxygen atoms in total. The molecule has 0 aliphatic carbocycles. The highest BCUT2D eigenvalue weighted by atomic mass is 32.2. The Balaban J connectivity index is 1.99.